The SMILES string of the molecule is Cc1cncc(NC(C)CC(C)O)n1. The van der Waals surface area contributed by atoms with Gasteiger partial charge in [-0.3, -0.25) is 4.98 Å². The third-order valence-corrected chi connectivity index (χ3v) is 1.84. The van der Waals surface area contributed by atoms with E-state index in [1.54, 1.807) is 19.3 Å². The largest absolute Gasteiger partial charge is 0.393 e. The molecule has 14 heavy (non-hydrogen) atoms. The maximum Gasteiger partial charge on any atom is 0.144 e. The van der Waals surface area contributed by atoms with Gasteiger partial charge in [0.15, 0.2) is 0 Å². The summed E-state index contributed by atoms with van der Waals surface area (Å²) in [5.74, 6) is 0.762. The lowest BCUT2D eigenvalue weighted by Gasteiger charge is -2.15. The van der Waals surface area contributed by atoms with Crippen molar-refractivity contribution in [2.75, 3.05) is 5.32 Å². The maximum absolute atomic E-state index is 9.18. The van der Waals surface area contributed by atoms with Crippen LogP contribution in [-0.4, -0.2) is 27.2 Å². The van der Waals surface area contributed by atoms with Crippen molar-refractivity contribution in [1.29, 1.82) is 0 Å². The molecule has 4 nitrogen and oxygen atoms in total. The van der Waals surface area contributed by atoms with Gasteiger partial charge in [-0.15, -0.1) is 0 Å². The molecule has 1 aromatic rings. The number of hydrogen-bond acceptors (Lipinski definition) is 4. The van der Waals surface area contributed by atoms with Crippen LogP contribution in [0.2, 0.25) is 0 Å². The second-order valence-corrected chi connectivity index (χ2v) is 3.68. The molecule has 1 heterocycles. The zero-order chi connectivity index (χ0) is 10.6. The number of nitrogens with zero attached hydrogens (tertiary/aromatic N) is 2. The zero-order valence-corrected chi connectivity index (χ0v) is 8.86. The summed E-state index contributed by atoms with van der Waals surface area (Å²) in [4.78, 5) is 8.29. The predicted molar refractivity (Wildman–Crippen MR) is 56.2 cm³/mol. The minimum absolute atomic E-state index is 0.200. The number of aromatic nitrogens is 2. The van der Waals surface area contributed by atoms with Gasteiger partial charge < -0.3 is 10.4 Å². The molecule has 2 atom stereocenters. The Morgan fingerprint density at radius 1 is 1.43 bits per heavy atom. The molecule has 2 N–H and O–H groups in total. The highest BCUT2D eigenvalue weighted by atomic mass is 16.3. The van der Waals surface area contributed by atoms with Gasteiger partial charge in [0.25, 0.3) is 0 Å². The van der Waals surface area contributed by atoms with Crippen molar-refractivity contribution in [3.05, 3.63) is 18.1 Å². The first-order valence-electron chi connectivity index (χ1n) is 4.81. The molecule has 0 spiro atoms. The molecule has 0 amide bonds. The first-order chi connectivity index (χ1) is 6.58. The van der Waals surface area contributed by atoms with Crippen LogP contribution in [0.4, 0.5) is 5.82 Å². The van der Waals surface area contributed by atoms with E-state index in [0.717, 1.165) is 11.5 Å². The Labute approximate surface area is 84.4 Å². The molecule has 0 saturated carbocycles. The highest BCUT2D eigenvalue weighted by Gasteiger charge is 2.06. The van der Waals surface area contributed by atoms with Crippen LogP contribution in [0.3, 0.4) is 0 Å². The van der Waals surface area contributed by atoms with Crippen LogP contribution >= 0.6 is 0 Å². The van der Waals surface area contributed by atoms with Crippen LogP contribution in [-0.2, 0) is 0 Å². The minimum Gasteiger partial charge on any atom is -0.393 e. The number of nitrogens with one attached hydrogen (secondary N) is 1. The number of aryl methyl sites for hydroxylation is 1. The number of hydrogen-bond donors (Lipinski definition) is 2. The van der Waals surface area contributed by atoms with Crippen molar-refractivity contribution >= 4 is 5.82 Å². The minimum atomic E-state index is -0.296. The van der Waals surface area contributed by atoms with Gasteiger partial charge in [0, 0.05) is 12.2 Å². The summed E-state index contributed by atoms with van der Waals surface area (Å²) in [6.07, 6.45) is 3.81. The van der Waals surface area contributed by atoms with Gasteiger partial charge in [0.2, 0.25) is 0 Å². The average Bonchev–Trinajstić information content (AvgIpc) is 2.01. The molecule has 1 aromatic heterocycles. The van der Waals surface area contributed by atoms with Crippen molar-refractivity contribution < 1.29 is 5.11 Å². The lowest BCUT2D eigenvalue weighted by molar-refractivity contribution is 0.179. The first-order valence-corrected chi connectivity index (χ1v) is 4.81. The molecule has 0 aliphatic carbocycles. The molecule has 0 aliphatic heterocycles. The smallest absolute Gasteiger partial charge is 0.144 e. The summed E-state index contributed by atoms with van der Waals surface area (Å²) in [5, 5.41) is 12.4. The molecule has 0 aliphatic rings. The normalized spacial score (nSPS) is 14.9. The topological polar surface area (TPSA) is 58.0 Å². The Kier molecular flexibility index (Phi) is 3.83. The molecule has 0 aromatic carbocycles. The summed E-state index contributed by atoms with van der Waals surface area (Å²) in [6, 6.07) is 0.200. The number of anilines is 1. The van der Waals surface area contributed by atoms with E-state index in [2.05, 4.69) is 15.3 Å². The van der Waals surface area contributed by atoms with Gasteiger partial charge in [-0.2, -0.15) is 0 Å². The van der Waals surface area contributed by atoms with E-state index in [4.69, 9.17) is 0 Å². The van der Waals surface area contributed by atoms with Gasteiger partial charge in [0.1, 0.15) is 5.82 Å². The fourth-order valence-electron chi connectivity index (χ4n) is 1.36. The Balaban J connectivity index is 2.51. The molecule has 0 bridgehead atoms. The van der Waals surface area contributed by atoms with Crippen LogP contribution in [0.15, 0.2) is 12.4 Å². The van der Waals surface area contributed by atoms with Gasteiger partial charge >= 0.3 is 0 Å². The fourth-order valence-corrected chi connectivity index (χ4v) is 1.36. The highest BCUT2D eigenvalue weighted by Crippen LogP contribution is 2.06. The van der Waals surface area contributed by atoms with E-state index in [1.165, 1.54) is 0 Å². The summed E-state index contributed by atoms with van der Waals surface area (Å²) >= 11 is 0. The second-order valence-electron chi connectivity index (χ2n) is 3.68. The van der Waals surface area contributed by atoms with Gasteiger partial charge in [-0.25, -0.2) is 4.98 Å². The Bertz CT molecular complexity index is 288. The molecular weight excluding hydrogens is 178 g/mol. The molecule has 0 fully saturated rings. The molecule has 0 saturated heterocycles. The van der Waals surface area contributed by atoms with Crippen LogP contribution in [0.25, 0.3) is 0 Å². The Hall–Kier alpha value is -1.16. The van der Waals surface area contributed by atoms with E-state index in [-0.39, 0.29) is 12.1 Å². The van der Waals surface area contributed by atoms with Crippen LogP contribution in [0.1, 0.15) is 26.0 Å². The summed E-state index contributed by atoms with van der Waals surface area (Å²) in [5.41, 5.74) is 0.888. The van der Waals surface area contributed by atoms with Crippen molar-refractivity contribution in [1.82, 2.24) is 9.97 Å². The van der Waals surface area contributed by atoms with Gasteiger partial charge in [-0.05, 0) is 27.2 Å². The third-order valence-electron chi connectivity index (χ3n) is 1.84. The quantitative estimate of drug-likeness (QED) is 0.761. The standard InChI is InChI=1S/C10H17N3O/c1-7(4-9(3)14)12-10-6-11-5-8(2)13-10/h5-7,9,14H,4H2,1-3H3,(H,12,13). The monoisotopic (exact) mass is 195 g/mol. The summed E-state index contributed by atoms with van der Waals surface area (Å²) in [7, 11) is 0. The molecule has 1 rings (SSSR count). The predicted octanol–water partition coefficient (Wildman–Crippen LogP) is 1.36. The summed E-state index contributed by atoms with van der Waals surface area (Å²) in [6.45, 7) is 5.69. The van der Waals surface area contributed by atoms with E-state index in [9.17, 15) is 5.11 Å². The van der Waals surface area contributed by atoms with Gasteiger partial charge in [-0.1, -0.05) is 0 Å². The third kappa shape index (κ3) is 3.70. The zero-order valence-electron chi connectivity index (χ0n) is 8.86. The molecule has 0 radical (unpaired) electrons. The maximum atomic E-state index is 9.18. The first kappa shape index (κ1) is 10.9. The van der Waals surface area contributed by atoms with Crippen LogP contribution < -0.4 is 5.32 Å². The van der Waals surface area contributed by atoms with Crippen molar-refractivity contribution in [2.24, 2.45) is 0 Å². The van der Waals surface area contributed by atoms with E-state index in [1.807, 2.05) is 13.8 Å². The van der Waals surface area contributed by atoms with E-state index >= 15 is 0 Å². The number of rotatable bonds is 4. The Morgan fingerprint density at radius 3 is 2.71 bits per heavy atom. The van der Waals surface area contributed by atoms with Crippen LogP contribution in [0.5, 0.6) is 0 Å². The van der Waals surface area contributed by atoms with E-state index < -0.39 is 0 Å². The number of aliphatic hydroxyl groups excluding tert-OH is 1. The summed E-state index contributed by atoms with van der Waals surface area (Å²) < 4.78 is 0. The number of aliphatic hydroxyl groups is 1. The molecule has 4 heteroatoms. The molecule has 78 valence electrons. The second kappa shape index (κ2) is 4.91. The highest BCUT2D eigenvalue weighted by molar-refractivity contribution is 5.32. The molecule has 2 unspecified atom stereocenters. The van der Waals surface area contributed by atoms with Crippen LogP contribution in [0, 0.1) is 6.92 Å². The lowest BCUT2D eigenvalue weighted by Crippen LogP contribution is -2.21. The molecular formula is C10H17N3O. The van der Waals surface area contributed by atoms with E-state index in [0.29, 0.717) is 6.42 Å². The van der Waals surface area contributed by atoms with Crippen molar-refractivity contribution in [2.45, 2.75) is 39.3 Å². The van der Waals surface area contributed by atoms with Gasteiger partial charge in [0.05, 0.1) is 18.0 Å². The lowest BCUT2D eigenvalue weighted by atomic mass is 10.1. The van der Waals surface area contributed by atoms with Crippen molar-refractivity contribution in [3.63, 3.8) is 0 Å². The average molecular weight is 195 g/mol. The fraction of sp³-hybridized carbons (Fsp3) is 0.600. The van der Waals surface area contributed by atoms with Crippen molar-refractivity contribution in [3.8, 4) is 0 Å². The Morgan fingerprint density at radius 2 is 2.14 bits per heavy atom.